The molecule has 1 saturated heterocycles. The molecular weight excluding hydrogens is 326 g/mol. The molecule has 1 aromatic heterocycles. The van der Waals surface area contributed by atoms with Crippen molar-refractivity contribution in [3.63, 3.8) is 0 Å². The summed E-state index contributed by atoms with van der Waals surface area (Å²) in [6, 6.07) is 6.81. The zero-order valence-electron chi connectivity index (χ0n) is 13.4. The average Bonchev–Trinajstić information content (AvgIpc) is 3.10. The van der Waals surface area contributed by atoms with E-state index in [9.17, 15) is 9.59 Å². The minimum absolute atomic E-state index is 0.0594. The number of anilines is 1. The molecule has 2 aromatic rings. The number of carbonyl (C=O) groups is 2. The number of rotatable bonds is 4. The summed E-state index contributed by atoms with van der Waals surface area (Å²) in [5, 5.41) is 4.85. The van der Waals surface area contributed by atoms with E-state index >= 15 is 0 Å². The molecule has 3 rings (SSSR count). The van der Waals surface area contributed by atoms with Crippen LogP contribution in [0.25, 0.3) is 0 Å². The lowest BCUT2D eigenvalue weighted by Gasteiger charge is -2.25. The van der Waals surface area contributed by atoms with Gasteiger partial charge in [-0.15, -0.1) is 11.3 Å². The van der Waals surface area contributed by atoms with Gasteiger partial charge in [0.2, 0.25) is 0 Å². The van der Waals surface area contributed by atoms with Gasteiger partial charge in [0.1, 0.15) is 11.4 Å². The van der Waals surface area contributed by atoms with Crippen LogP contribution in [0, 0.1) is 0 Å². The van der Waals surface area contributed by atoms with Gasteiger partial charge in [-0.05, 0) is 43.5 Å². The number of hydrogen-bond acceptors (Lipinski definition) is 5. The minimum atomic E-state index is -0.260. The number of thiazole rings is 1. The van der Waals surface area contributed by atoms with E-state index in [1.807, 2.05) is 4.90 Å². The number of methoxy groups -OCH3 is 1. The highest BCUT2D eigenvalue weighted by molar-refractivity contribution is 7.14. The van der Waals surface area contributed by atoms with Gasteiger partial charge < -0.3 is 9.64 Å². The fourth-order valence-corrected chi connectivity index (χ4v) is 3.28. The molecule has 1 aromatic carbocycles. The van der Waals surface area contributed by atoms with Crippen LogP contribution in [0.15, 0.2) is 29.6 Å². The van der Waals surface area contributed by atoms with Crippen LogP contribution in [0.4, 0.5) is 5.13 Å². The first-order chi connectivity index (χ1) is 11.7. The normalized spacial score (nSPS) is 14.3. The monoisotopic (exact) mass is 345 g/mol. The van der Waals surface area contributed by atoms with Crippen LogP contribution in [0.3, 0.4) is 0 Å². The number of hydrogen-bond donors (Lipinski definition) is 1. The second-order valence-electron chi connectivity index (χ2n) is 5.57. The molecule has 6 nitrogen and oxygen atoms in total. The predicted octanol–water partition coefficient (Wildman–Crippen LogP) is 3.03. The molecule has 7 heteroatoms. The van der Waals surface area contributed by atoms with Crippen LogP contribution in [0.5, 0.6) is 5.75 Å². The van der Waals surface area contributed by atoms with E-state index in [0.717, 1.165) is 25.9 Å². The van der Waals surface area contributed by atoms with E-state index in [0.29, 0.717) is 22.1 Å². The SMILES string of the molecule is COc1ccc(C(=O)Nc2nc(C(=O)N3CCCCC3)cs2)cc1. The topological polar surface area (TPSA) is 71.5 Å². The van der Waals surface area contributed by atoms with Crippen molar-refractivity contribution in [1.82, 2.24) is 9.88 Å². The lowest BCUT2D eigenvalue weighted by molar-refractivity contribution is 0.0719. The summed E-state index contributed by atoms with van der Waals surface area (Å²) in [6.45, 7) is 1.56. The molecule has 0 bridgehead atoms. The summed E-state index contributed by atoms with van der Waals surface area (Å²) in [5.74, 6) is 0.370. The van der Waals surface area contributed by atoms with Crippen molar-refractivity contribution in [2.75, 3.05) is 25.5 Å². The van der Waals surface area contributed by atoms with E-state index < -0.39 is 0 Å². The van der Waals surface area contributed by atoms with Crippen LogP contribution >= 0.6 is 11.3 Å². The molecule has 0 aliphatic carbocycles. The van der Waals surface area contributed by atoms with Gasteiger partial charge in [0.25, 0.3) is 11.8 Å². The standard InChI is InChI=1S/C17H19N3O3S/c1-23-13-7-5-12(6-8-13)15(21)19-17-18-14(11-24-17)16(22)20-9-3-2-4-10-20/h5-8,11H,2-4,9-10H2,1H3,(H,18,19,21). The first-order valence-corrected chi connectivity index (χ1v) is 8.75. The van der Waals surface area contributed by atoms with E-state index in [2.05, 4.69) is 10.3 Å². The third-order valence-electron chi connectivity index (χ3n) is 3.94. The fourth-order valence-electron chi connectivity index (χ4n) is 2.60. The molecule has 0 radical (unpaired) electrons. The first-order valence-electron chi connectivity index (χ1n) is 7.87. The summed E-state index contributed by atoms with van der Waals surface area (Å²) in [7, 11) is 1.57. The molecule has 0 unspecified atom stereocenters. The Morgan fingerprint density at radius 1 is 1.17 bits per heavy atom. The number of amides is 2. The van der Waals surface area contributed by atoms with Crippen LogP contribution in [-0.2, 0) is 0 Å². The highest BCUT2D eigenvalue weighted by Gasteiger charge is 2.21. The van der Waals surface area contributed by atoms with Gasteiger partial charge in [-0.2, -0.15) is 0 Å². The summed E-state index contributed by atoms with van der Waals surface area (Å²) in [5.41, 5.74) is 0.904. The Morgan fingerprint density at radius 3 is 2.54 bits per heavy atom. The van der Waals surface area contributed by atoms with Crippen molar-refractivity contribution in [2.45, 2.75) is 19.3 Å². The molecule has 2 heterocycles. The maximum Gasteiger partial charge on any atom is 0.273 e. The number of ether oxygens (including phenoxy) is 1. The third-order valence-corrected chi connectivity index (χ3v) is 4.70. The maximum absolute atomic E-state index is 12.4. The molecule has 0 spiro atoms. The number of nitrogens with zero attached hydrogens (tertiary/aromatic N) is 2. The quantitative estimate of drug-likeness (QED) is 0.924. The number of aromatic nitrogens is 1. The molecule has 126 valence electrons. The van der Waals surface area contributed by atoms with Crippen LogP contribution in [0.1, 0.15) is 40.1 Å². The lowest BCUT2D eigenvalue weighted by Crippen LogP contribution is -2.35. The Labute approximate surface area is 144 Å². The molecule has 1 aliphatic heterocycles. The molecule has 0 atom stereocenters. The Kier molecular flexibility index (Phi) is 5.10. The maximum atomic E-state index is 12.4. The Hall–Kier alpha value is -2.41. The predicted molar refractivity (Wildman–Crippen MR) is 92.8 cm³/mol. The summed E-state index contributed by atoms with van der Waals surface area (Å²) >= 11 is 1.26. The first kappa shape index (κ1) is 16.4. The fraction of sp³-hybridized carbons (Fsp3) is 0.353. The lowest BCUT2D eigenvalue weighted by atomic mass is 10.1. The van der Waals surface area contributed by atoms with Crippen molar-refractivity contribution >= 4 is 28.3 Å². The molecule has 24 heavy (non-hydrogen) atoms. The van der Waals surface area contributed by atoms with Gasteiger partial charge in [-0.1, -0.05) is 0 Å². The molecule has 1 N–H and O–H groups in total. The highest BCUT2D eigenvalue weighted by atomic mass is 32.1. The van der Waals surface area contributed by atoms with Crippen molar-refractivity contribution in [2.24, 2.45) is 0 Å². The molecule has 0 saturated carbocycles. The zero-order chi connectivity index (χ0) is 16.9. The second kappa shape index (κ2) is 7.44. The number of likely N-dealkylation sites (tertiary alicyclic amines) is 1. The van der Waals surface area contributed by atoms with Crippen molar-refractivity contribution in [3.8, 4) is 5.75 Å². The Bertz CT molecular complexity index is 721. The Morgan fingerprint density at radius 2 is 1.88 bits per heavy atom. The second-order valence-corrected chi connectivity index (χ2v) is 6.43. The van der Waals surface area contributed by atoms with Crippen molar-refractivity contribution < 1.29 is 14.3 Å². The van der Waals surface area contributed by atoms with Gasteiger partial charge >= 0.3 is 0 Å². The van der Waals surface area contributed by atoms with E-state index in [1.54, 1.807) is 36.8 Å². The third kappa shape index (κ3) is 3.73. The zero-order valence-corrected chi connectivity index (χ0v) is 14.3. The summed E-state index contributed by atoms with van der Waals surface area (Å²) in [6.07, 6.45) is 3.25. The number of nitrogens with one attached hydrogen (secondary N) is 1. The van der Waals surface area contributed by atoms with E-state index in [-0.39, 0.29) is 11.8 Å². The largest absolute Gasteiger partial charge is 0.497 e. The van der Waals surface area contributed by atoms with Crippen LogP contribution in [-0.4, -0.2) is 41.9 Å². The van der Waals surface area contributed by atoms with Crippen molar-refractivity contribution in [3.05, 3.63) is 40.9 Å². The molecular formula is C17H19N3O3S. The van der Waals surface area contributed by atoms with Gasteiger partial charge in [0.05, 0.1) is 7.11 Å². The van der Waals surface area contributed by atoms with Crippen LogP contribution in [0.2, 0.25) is 0 Å². The number of benzene rings is 1. The molecule has 1 aliphatic rings. The van der Waals surface area contributed by atoms with E-state index in [1.165, 1.54) is 17.8 Å². The summed E-state index contributed by atoms with van der Waals surface area (Å²) in [4.78, 5) is 30.7. The van der Waals surface area contributed by atoms with Gasteiger partial charge in [0.15, 0.2) is 5.13 Å². The van der Waals surface area contributed by atoms with Gasteiger partial charge in [0, 0.05) is 24.0 Å². The highest BCUT2D eigenvalue weighted by Crippen LogP contribution is 2.20. The number of piperidine rings is 1. The van der Waals surface area contributed by atoms with Crippen molar-refractivity contribution in [1.29, 1.82) is 0 Å². The van der Waals surface area contributed by atoms with Crippen LogP contribution < -0.4 is 10.1 Å². The summed E-state index contributed by atoms with van der Waals surface area (Å²) < 4.78 is 5.07. The molecule has 2 amide bonds. The minimum Gasteiger partial charge on any atom is -0.497 e. The average molecular weight is 345 g/mol. The molecule has 1 fully saturated rings. The van der Waals surface area contributed by atoms with E-state index in [4.69, 9.17) is 4.74 Å². The van der Waals surface area contributed by atoms with Gasteiger partial charge in [-0.25, -0.2) is 4.98 Å². The van der Waals surface area contributed by atoms with Gasteiger partial charge in [-0.3, -0.25) is 14.9 Å². The smallest absolute Gasteiger partial charge is 0.273 e. The number of carbonyl (C=O) groups excluding carboxylic acids is 2. The Balaban J connectivity index is 1.64.